The van der Waals surface area contributed by atoms with E-state index in [-0.39, 0.29) is 5.75 Å². The van der Waals surface area contributed by atoms with E-state index in [0.29, 0.717) is 6.54 Å². The maximum atomic E-state index is 9.29. The Kier molecular flexibility index (Phi) is 4.41. The Morgan fingerprint density at radius 1 is 1.00 bits per heavy atom. The molecule has 3 heteroatoms. The monoisotopic (exact) mass is 252 g/mol. The zero-order valence-electron chi connectivity index (χ0n) is 10.7. The van der Waals surface area contributed by atoms with Crippen molar-refractivity contribution in [3.05, 3.63) is 60.2 Å². The lowest BCUT2D eigenvalue weighted by Crippen LogP contribution is -2.26. The van der Waals surface area contributed by atoms with Gasteiger partial charge in [0.1, 0.15) is 12.3 Å². The van der Waals surface area contributed by atoms with Crippen LogP contribution in [0.25, 0.3) is 0 Å². The Balaban J connectivity index is 2.04. The SMILES string of the molecule is N#CCN(CCc1ccccc1)c1ccc(O)cc1. The summed E-state index contributed by atoms with van der Waals surface area (Å²) in [5, 5.41) is 18.2. The van der Waals surface area contributed by atoms with Crippen LogP contribution in [0.5, 0.6) is 5.75 Å². The summed E-state index contributed by atoms with van der Waals surface area (Å²) in [5.74, 6) is 0.240. The van der Waals surface area contributed by atoms with E-state index in [1.807, 2.05) is 35.2 Å². The van der Waals surface area contributed by atoms with Gasteiger partial charge in [-0.3, -0.25) is 0 Å². The molecule has 0 saturated heterocycles. The minimum absolute atomic E-state index is 0.240. The van der Waals surface area contributed by atoms with Crippen LogP contribution in [-0.4, -0.2) is 18.2 Å². The molecule has 0 heterocycles. The highest BCUT2D eigenvalue weighted by molar-refractivity contribution is 5.49. The number of rotatable bonds is 5. The maximum Gasteiger partial charge on any atom is 0.115 e. The van der Waals surface area contributed by atoms with Crippen molar-refractivity contribution < 1.29 is 5.11 Å². The highest BCUT2D eigenvalue weighted by atomic mass is 16.3. The Labute approximate surface area is 113 Å². The van der Waals surface area contributed by atoms with Crippen LogP contribution in [0, 0.1) is 11.3 Å². The molecule has 0 aliphatic rings. The summed E-state index contributed by atoms with van der Waals surface area (Å²) in [6, 6.07) is 19.3. The van der Waals surface area contributed by atoms with Crippen LogP contribution in [0.2, 0.25) is 0 Å². The fourth-order valence-corrected chi connectivity index (χ4v) is 1.96. The number of hydrogen-bond acceptors (Lipinski definition) is 3. The van der Waals surface area contributed by atoms with Gasteiger partial charge in [-0.25, -0.2) is 0 Å². The average molecular weight is 252 g/mol. The highest BCUT2D eigenvalue weighted by Gasteiger charge is 2.06. The lowest BCUT2D eigenvalue weighted by atomic mass is 10.1. The topological polar surface area (TPSA) is 47.3 Å². The molecule has 0 radical (unpaired) electrons. The molecule has 0 saturated carbocycles. The van der Waals surface area contributed by atoms with Gasteiger partial charge in [-0.05, 0) is 36.2 Å². The van der Waals surface area contributed by atoms with E-state index in [1.165, 1.54) is 5.56 Å². The fourth-order valence-electron chi connectivity index (χ4n) is 1.96. The summed E-state index contributed by atoms with van der Waals surface area (Å²) in [6.45, 7) is 1.12. The third kappa shape index (κ3) is 3.75. The molecular weight excluding hydrogens is 236 g/mol. The maximum absolute atomic E-state index is 9.29. The third-order valence-electron chi connectivity index (χ3n) is 2.99. The third-order valence-corrected chi connectivity index (χ3v) is 2.99. The molecular formula is C16H16N2O. The van der Waals surface area contributed by atoms with Gasteiger partial charge in [0.25, 0.3) is 0 Å². The van der Waals surface area contributed by atoms with E-state index in [4.69, 9.17) is 5.26 Å². The number of hydrogen-bond donors (Lipinski definition) is 1. The van der Waals surface area contributed by atoms with Crippen molar-refractivity contribution in [2.45, 2.75) is 6.42 Å². The van der Waals surface area contributed by atoms with Crippen molar-refractivity contribution in [3.63, 3.8) is 0 Å². The van der Waals surface area contributed by atoms with Crippen LogP contribution in [-0.2, 0) is 6.42 Å². The van der Waals surface area contributed by atoms with E-state index in [1.54, 1.807) is 12.1 Å². The largest absolute Gasteiger partial charge is 0.508 e. The van der Waals surface area contributed by atoms with Crippen LogP contribution in [0.3, 0.4) is 0 Å². The van der Waals surface area contributed by atoms with Crippen molar-refractivity contribution in [1.29, 1.82) is 5.26 Å². The molecule has 0 aliphatic carbocycles. The van der Waals surface area contributed by atoms with Crippen LogP contribution in [0.4, 0.5) is 5.69 Å². The van der Waals surface area contributed by atoms with Crippen LogP contribution < -0.4 is 4.90 Å². The van der Waals surface area contributed by atoms with Crippen molar-refractivity contribution in [1.82, 2.24) is 0 Å². The second kappa shape index (κ2) is 6.46. The number of phenols is 1. The van der Waals surface area contributed by atoms with Crippen LogP contribution in [0.15, 0.2) is 54.6 Å². The molecule has 2 rings (SSSR count). The first-order valence-corrected chi connectivity index (χ1v) is 6.24. The summed E-state index contributed by atoms with van der Waals surface area (Å²) in [7, 11) is 0. The second-order valence-electron chi connectivity index (χ2n) is 4.33. The standard InChI is InChI=1S/C16H16N2O/c17-11-13-18(15-6-8-16(19)9-7-15)12-10-14-4-2-1-3-5-14/h1-9,19H,10,12-13H2. The van der Waals surface area contributed by atoms with Crippen LogP contribution >= 0.6 is 0 Å². The molecule has 0 amide bonds. The normalized spacial score (nSPS) is 9.84. The van der Waals surface area contributed by atoms with Crippen LogP contribution in [0.1, 0.15) is 5.56 Å². The minimum atomic E-state index is 0.240. The zero-order valence-corrected chi connectivity index (χ0v) is 10.7. The van der Waals surface area contributed by atoms with Gasteiger partial charge in [0.15, 0.2) is 0 Å². The molecule has 3 nitrogen and oxygen atoms in total. The fraction of sp³-hybridized carbons (Fsp3) is 0.188. The number of aromatic hydroxyl groups is 1. The molecule has 0 bridgehead atoms. The number of nitriles is 1. The zero-order chi connectivity index (χ0) is 13.5. The molecule has 2 aromatic rings. The molecule has 1 N–H and O–H groups in total. The predicted molar refractivity (Wildman–Crippen MR) is 76.1 cm³/mol. The van der Waals surface area contributed by atoms with Crippen molar-refractivity contribution in [2.75, 3.05) is 18.0 Å². The summed E-state index contributed by atoms with van der Waals surface area (Å²) >= 11 is 0. The van der Waals surface area contributed by atoms with Gasteiger partial charge in [-0.1, -0.05) is 30.3 Å². The summed E-state index contributed by atoms with van der Waals surface area (Å²) in [6.07, 6.45) is 0.892. The van der Waals surface area contributed by atoms with Gasteiger partial charge in [0.05, 0.1) is 6.07 Å². The molecule has 0 aromatic heterocycles. The van der Waals surface area contributed by atoms with E-state index in [2.05, 4.69) is 18.2 Å². The quantitative estimate of drug-likeness (QED) is 0.832. The van der Waals surface area contributed by atoms with Gasteiger partial charge in [0.2, 0.25) is 0 Å². The summed E-state index contributed by atoms with van der Waals surface area (Å²) in [5.41, 5.74) is 2.21. The highest BCUT2D eigenvalue weighted by Crippen LogP contribution is 2.18. The van der Waals surface area contributed by atoms with Gasteiger partial charge in [-0.2, -0.15) is 5.26 Å². The lowest BCUT2D eigenvalue weighted by molar-refractivity contribution is 0.475. The van der Waals surface area contributed by atoms with Gasteiger partial charge in [0, 0.05) is 12.2 Å². The van der Waals surface area contributed by atoms with Crippen molar-refractivity contribution in [2.24, 2.45) is 0 Å². The smallest absolute Gasteiger partial charge is 0.115 e. The predicted octanol–water partition coefficient (Wildman–Crippen LogP) is 2.96. The van der Waals surface area contributed by atoms with E-state index in [9.17, 15) is 5.11 Å². The van der Waals surface area contributed by atoms with E-state index >= 15 is 0 Å². The number of nitrogens with zero attached hydrogens (tertiary/aromatic N) is 2. The van der Waals surface area contributed by atoms with E-state index < -0.39 is 0 Å². The van der Waals surface area contributed by atoms with Gasteiger partial charge >= 0.3 is 0 Å². The number of anilines is 1. The van der Waals surface area contributed by atoms with Crippen molar-refractivity contribution >= 4 is 5.69 Å². The molecule has 19 heavy (non-hydrogen) atoms. The molecule has 0 atom stereocenters. The summed E-state index contributed by atoms with van der Waals surface area (Å²) < 4.78 is 0. The first-order chi connectivity index (χ1) is 9.29. The lowest BCUT2D eigenvalue weighted by Gasteiger charge is -2.21. The molecule has 96 valence electrons. The first-order valence-electron chi connectivity index (χ1n) is 6.24. The molecule has 0 unspecified atom stereocenters. The Bertz CT molecular complexity index is 543. The minimum Gasteiger partial charge on any atom is -0.508 e. The average Bonchev–Trinajstić information content (AvgIpc) is 2.46. The molecule has 0 aliphatic heterocycles. The molecule has 0 spiro atoms. The summed E-state index contributed by atoms with van der Waals surface area (Å²) in [4.78, 5) is 2.01. The second-order valence-corrected chi connectivity index (χ2v) is 4.33. The Morgan fingerprint density at radius 3 is 2.32 bits per heavy atom. The molecule has 2 aromatic carbocycles. The molecule has 0 fully saturated rings. The first kappa shape index (κ1) is 13.0. The Hall–Kier alpha value is -2.47. The van der Waals surface area contributed by atoms with Gasteiger partial charge < -0.3 is 10.0 Å². The van der Waals surface area contributed by atoms with Gasteiger partial charge in [-0.15, -0.1) is 0 Å². The van der Waals surface area contributed by atoms with E-state index in [0.717, 1.165) is 18.7 Å². The number of phenolic OH excluding ortho intramolecular Hbond substituents is 1. The van der Waals surface area contributed by atoms with Crippen molar-refractivity contribution in [3.8, 4) is 11.8 Å². The Morgan fingerprint density at radius 2 is 1.68 bits per heavy atom. The number of benzene rings is 2.